The Morgan fingerprint density at radius 2 is 1.75 bits per heavy atom. The van der Waals surface area contributed by atoms with Gasteiger partial charge in [0, 0.05) is 42.8 Å². The van der Waals surface area contributed by atoms with E-state index in [2.05, 4.69) is 23.1 Å². The second-order valence-corrected chi connectivity index (χ2v) is 10.6. The van der Waals surface area contributed by atoms with Gasteiger partial charge in [0.15, 0.2) is 9.84 Å². The zero-order valence-electron chi connectivity index (χ0n) is 15.8. The summed E-state index contributed by atoms with van der Waals surface area (Å²) in [6, 6.07) is 16.1. The number of nitrogens with zero attached hydrogens (tertiary/aromatic N) is 2. The number of hydrogen-bond donors (Lipinski definition) is 0. The molecule has 3 aliphatic rings. The van der Waals surface area contributed by atoms with Crippen molar-refractivity contribution in [1.29, 1.82) is 0 Å². The normalized spacial score (nSPS) is 22.2. The quantitative estimate of drug-likeness (QED) is 0.800. The van der Waals surface area contributed by atoms with Crippen LogP contribution >= 0.6 is 0 Å². The Bertz CT molecular complexity index is 1030. The number of rotatable bonds is 3. The molecule has 2 fully saturated rings. The van der Waals surface area contributed by atoms with E-state index in [1.807, 2.05) is 35.2 Å². The van der Waals surface area contributed by atoms with E-state index >= 15 is 0 Å². The molecule has 146 valence electrons. The number of carbonyl (C=O) groups is 1. The molecule has 0 bridgehead atoms. The molecule has 5 nitrogen and oxygen atoms in total. The van der Waals surface area contributed by atoms with Crippen LogP contribution in [-0.2, 0) is 21.8 Å². The second kappa shape index (κ2) is 6.42. The van der Waals surface area contributed by atoms with Gasteiger partial charge in [-0.05, 0) is 42.2 Å². The first kappa shape index (κ1) is 17.9. The van der Waals surface area contributed by atoms with Crippen molar-refractivity contribution >= 4 is 21.4 Å². The first-order chi connectivity index (χ1) is 13.5. The summed E-state index contributed by atoms with van der Waals surface area (Å²) < 4.78 is 23.2. The summed E-state index contributed by atoms with van der Waals surface area (Å²) in [5, 5.41) is 0. The summed E-state index contributed by atoms with van der Waals surface area (Å²) in [5.74, 6) is 0.496. The largest absolute Gasteiger partial charge is 0.307 e. The van der Waals surface area contributed by atoms with Gasteiger partial charge in [-0.2, -0.15) is 0 Å². The van der Waals surface area contributed by atoms with Crippen LogP contribution in [0.15, 0.2) is 48.5 Å². The number of amides is 1. The Balaban J connectivity index is 1.35. The van der Waals surface area contributed by atoms with Crippen molar-refractivity contribution in [2.24, 2.45) is 0 Å². The van der Waals surface area contributed by atoms with Crippen LogP contribution in [0, 0.1) is 0 Å². The van der Waals surface area contributed by atoms with Crippen LogP contribution in [-0.4, -0.2) is 50.4 Å². The second-order valence-electron chi connectivity index (χ2n) is 8.32. The Morgan fingerprint density at radius 3 is 2.50 bits per heavy atom. The smallest absolute Gasteiger partial charge is 0.258 e. The van der Waals surface area contributed by atoms with Gasteiger partial charge >= 0.3 is 0 Å². The van der Waals surface area contributed by atoms with Gasteiger partial charge in [0.1, 0.15) is 0 Å². The summed E-state index contributed by atoms with van der Waals surface area (Å²) in [5.41, 5.74) is 4.31. The van der Waals surface area contributed by atoms with Crippen molar-refractivity contribution in [3.05, 3.63) is 65.2 Å². The molecule has 1 aliphatic carbocycles. The highest BCUT2D eigenvalue weighted by Gasteiger charge is 2.52. The van der Waals surface area contributed by atoms with Gasteiger partial charge in [-0.25, -0.2) is 8.42 Å². The Kier molecular flexibility index (Phi) is 4.10. The maximum absolute atomic E-state index is 13.3. The van der Waals surface area contributed by atoms with Crippen molar-refractivity contribution in [2.75, 3.05) is 36.0 Å². The highest BCUT2D eigenvalue weighted by Crippen LogP contribution is 2.56. The summed E-state index contributed by atoms with van der Waals surface area (Å²) in [6.07, 6.45) is 2.32. The third-order valence-corrected chi connectivity index (χ3v) is 7.95. The summed E-state index contributed by atoms with van der Waals surface area (Å²) in [6.45, 7) is 2.57. The minimum atomic E-state index is -2.88. The van der Waals surface area contributed by atoms with Crippen LogP contribution < -0.4 is 4.90 Å². The fourth-order valence-electron chi connectivity index (χ4n) is 4.52. The predicted octanol–water partition coefficient (Wildman–Crippen LogP) is 2.61. The molecule has 0 radical (unpaired) electrons. The third-order valence-electron chi connectivity index (χ3n) is 6.34. The number of carbonyl (C=O) groups excluding carboxylic acids is 1. The number of benzene rings is 2. The summed E-state index contributed by atoms with van der Waals surface area (Å²) >= 11 is 0. The lowest BCUT2D eigenvalue weighted by Gasteiger charge is -2.26. The monoisotopic (exact) mass is 396 g/mol. The van der Waals surface area contributed by atoms with Crippen molar-refractivity contribution in [3.8, 4) is 0 Å². The number of hydrogen-bond acceptors (Lipinski definition) is 4. The standard InChI is InChI=1S/C22H24N2O3S/c25-21(24-16-22(8-9-22)19-6-1-2-7-20(19)24)18-5-3-4-17(14-18)15-23-10-12-28(26,27)13-11-23/h1-7,14H,8-13,15-16H2. The lowest BCUT2D eigenvalue weighted by atomic mass is 9.99. The van der Waals surface area contributed by atoms with E-state index in [4.69, 9.17) is 0 Å². The average molecular weight is 397 g/mol. The number of sulfone groups is 1. The highest BCUT2D eigenvalue weighted by molar-refractivity contribution is 7.91. The molecule has 0 atom stereocenters. The van der Waals surface area contributed by atoms with Gasteiger partial charge in [0.05, 0.1) is 11.5 Å². The van der Waals surface area contributed by atoms with Crippen molar-refractivity contribution in [1.82, 2.24) is 4.90 Å². The van der Waals surface area contributed by atoms with Crippen LogP contribution in [0.3, 0.4) is 0 Å². The van der Waals surface area contributed by atoms with Crippen molar-refractivity contribution in [3.63, 3.8) is 0 Å². The molecule has 1 saturated carbocycles. The van der Waals surface area contributed by atoms with Crippen LogP contribution in [0.25, 0.3) is 0 Å². The molecule has 2 aromatic carbocycles. The Morgan fingerprint density at radius 1 is 1.00 bits per heavy atom. The molecule has 0 N–H and O–H groups in total. The van der Waals surface area contributed by atoms with Crippen LogP contribution in [0.1, 0.15) is 34.3 Å². The van der Waals surface area contributed by atoms with Crippen molar-refractivity contribution < 1.29 is 13.2 Å². The summed E-state index contributed by atoms with van der Waals surface area (Å²) in [4.78, 5) is 17.4. The number of para-hydroxylation sites is 1. The predicted molar refractivity (Wildman–Crippen MR) is 109 cm³/mol. The molecule has 0 unspecified atom stereocenters. The van der Waals surface area contributed by atoms with Crippen LogP contribution in [0.5, 0.6) is 0 Å². The first-order valence-corrected chi connectivity index (χ1v) is 11.7. The van der Waals surface area contributed by atoms with E-state index in [0.717, 1.165) is 30.6 Å². The van der Waals surface area contributed by atoms with Gasteiger partial charge in [0.25, 0.3) is 5.91 Å². The van der Waals surface area contributed by atoms with E-state index in [-0.39, 0.29) is 22.8 Å². The van der Waals surface area contributed by atoms with Gasteiger partial charge in [-0.3, -0.25) is 9.69 Å². The van der Waals surface area contributed by atoms with Gasteiger partial charge in [0.2, 0.25) is 0 Å². The molecule has 1 saturated heterocycles. The molecular weight excluding hydrogens is 372 g/mol. The molecule has 2 aliphatic heterocycles. The van der Waals surface area contributed by atoms with E-state index in [0.29, 0.717) is 25.2 Å². The van der Waals surface area contributed by atoms with Gasteiger partial charge in [-0.1, -0.05) is 30.3 Å². The summed E-state index contributed by atoms with van der Waals surface area (Å²) in [7, 11) is -2.88. The van der Waals surface area contributed by atoms with Crippen LogP contribution in [0.4, 0.5) is 5.69 Å². The molecule has 2 aromatic rings. The van der Waals surface area contributed by atoms with E-state index in [1.54, 1.807) is 0 Å². The van der Waals surface area contributed by atoms with Gasteiger partial charge < -0.3 is 4.90 Å². The molecule has 1 spiro atoms. The number of anilines is 1. The molecule has 5 rings (SSSR count). The minimum absolute atomic E-state index is 0.0549. The Hall–Kier alpha value is -2.18. The lowest BCUT2D eigenvalue weighted by Crippen LogP contribution is -2.39. The SMILES string of the molecule is O=C(c1cccc(CN2CCS(=O)(=O)CC2)c1)N1CC2(CC2)c2ccccc21. The van der Waals surface area contributed by atoms with Crippen LogP contribution in [0.2, 0.25) is 0 Å². The topological polar surface area (TPSA) is 57.7 Å². The average Bonchev–Trinajstić information content (AvgIpc) is 3.40. The van der Waals surface area contributed by atoms with E-state index in [1.165, 1.54) is 5.56 Å². The fourth-order valence-corrected chi connectivity index (χ4v) is 5.79. The maximum Gasteiger partial charge on any atom is 0.258 e. The first-order valence-electron chi connectivity index (χ1n) is 9.89. The van der Waals surface area contributed by atoms with Gasteiger partial charge in [-0.15, -0.1) is 0 Å². The molecule has 6 heteroatoms. The van der Waals surface area contributed by atoms with E-state index in [9.17, 15) is 13.2 Å². The molecular formula is C22H24N2O3S. The zero-order valence-corrected chi connectivity index (χ0v) is 16.6. The maximum atomic E-state index is 13.3. The van der Waals surface area contributed by atoms with Crippen molar-refractivity contribution in [2.45, 2.75) is 24.8 Å². The highest BCUT2D eigenvalue weighted by atomic mass is 32.2. The molecule has 2 heterocycles. The fraction of sp³-hybridized carbons (Fsp3) is 0.409. The Labute approximate surface area is 165 Å². The van der Waals surface area contributed by atoms with E-state index < -0.39 is 9.84 Å². The lowest BCUT2D eigenvalue weighted by molar-refractivity contribution is 0.0987. The number of fused-ring (bicyclic) bond motifs is 2. The zero-order chi connectivity index (χ0) is 19.4. The third kappa shape index (κ3) is 3.14. The molecule has 0 aromatic heterocycles. The molecule has 1 amide bonds. The minimum Gasteiger partial charge on any atom is -0.307 e. The molecule has 28 heavy (non-hydrogen) atoms.